The molecule has 0 saturated heterocycles. The zero-order valence-corrected chi connectivity index (χ0v) is 12.3. The number of aliphatic carboxylic acids is 1. The highest BCUT2D eigenvalue weighted by Crippen LogP contribution is 2.21. The van der Waals surface area contributed by atoms with Gasteiger partial charge in [0, 0.05) is 6.54 Å². The predicted octanol–water partition coefficient (Wildman–Crippen LogP) is 2.29. The van der Waals surface area contributed by atoms with Crippen LogP contribution in [0.15, 0.2) is 21.4 Å². The minimum atomic E-state index is -0.915. The molecule has 5 nitrogen and oxygen atoms in total. The number of carbonyl (C=O) groups is 1. The average molecular weight is 298 g/mol. The highest BCUT2D eigenvalue weighted by molar-refractivity contribution is 7.99. The largest absolute Gasteiger partial charge is 0.481 e. The Morgan fingerprint density at radius 1 is 1.58 bits per heavy atom. The molecule has 0 aliphatic carbocycles. The summed E-state index contributed by atoms with van der Waals surface area (Å²) in [4.78, 5) is 28.1. The van der Waals surface area contributed by atoms with E-state index in [1.807, 2.05) is 19.2 Å². The molecule has 0 amide bonds. The summed E-state index contributed by atoms with van der Waals surface area (Å²) in [7, 11) is 0. The Bertz CT molecular complexity index is 661. The van der Waals surface area contributed by atoms with E-state index in [0.717, 1.165) is 11.8 Å². The van der Waals surface area contributed by atoms with Crippen LogP contribution in [-0.4, -0.2) is 26.4 Å². The van der Waals surface area contributed by atoms with Crippen molar-refractivity contribution in [2.75, 3.05) is 5.75 Å². The molecule has 2 rings (SSSR count). The minimum absolute atomic E-state index is 0.0900. The zero-order valence-electron chi connectivity index (χ0n) is 10.6. The lowest BCUT2D eigenvalue weighted by Crippen LogP contribution is -2.25. The average Bonchev–Trinajstić information content (AvgIpc) is 2.78. The number of hydrogen-bond donors (Lipinski definition) is 1. The molecular formula is C12H14N2O3S2. The first-order valence-corrected chi connectivity index (χ1v) is 7.68. The summed E-state index contributed by atoms with van der Waals surface area (Å²) < 4.78 is 1.58. The molecule has 102 valence electrons. The van der Waals surface area contributed by atoms with E-state index in [1.165, 1.54) is 11.3 Å². The van der Waals surface area contributed by atoms with Crippen molar-refractivity contribution in [2.45, 2.75) is 25.5 Å². The highest BCUT2D eigenvalue weighted by atomic mass is 32.2. The fraction of sp³-hybridized carbons (Fsp3) is 0.417. The maximum absolute atomic E-state index is 12.4. The SMILES string of the molecule is CC(C)Cn1c(SCC(=O)O)nc2sccc2c1=O. The smallest absolute Gasteiger partial charge is 0.313 e. The Morgan fingerprint density at radius 3 is 2.95 bits per heavy atom. The van der Waals surface area contributed by atoms with E-state index in [2.05, 4.69) is 4.98 Å². The molecule has 0 bridgehead atoms. The third-order valence-electron chi connectivity index (χ3n) is 2.42. The second-order valence-electron chi connectivity index (χ2n) is 4.53. The van der Waals surface area contributed by atoms with Crippen molar-refractivity contribution in [2.24, 2.45) is 5.92 Å². The van der Waals surface area contributed by atoms with E-state index in [4.69, 9.17) is 5.11 Å². The van der Waals surface area contributed by atoms with Gasteiger partial charge in [-0.1, -0.05) is 25.6 Å². The van der Waals surface area contributed by atoms with Gasteiger partial charge in [0.15, 0.2) is 5.16 Å². The molecule has 0 aromatic carbocycles. The molecular weight excluding hydrogens is 284 g/mol. The van der Waals surface area contributed by atoms with Gasteiger partial charge < -0.3 is 5.11 Å². The summed E-state index contributed by atoms with van der Waals surface area (Å²) in [6.07, 6.45) is 0. The number of fused-ring (bicyclic) bond motifs is 1. The number of carboxylic acids is 1. The Morgan fingerprint density at radius 2 is 2.32 bits per heavy atom. The van der Waals surface area contributed by atoms with Gasteiger partial charge in [-0.2, -0.15) is 0 Å². The molecule has 0 spiro atoms. The molecule has 2 aromatic heterocycles. The van der Waals surface area contributed by atoms with Crippen LogP contribution in [0.1, 0.15) is 13.8 Å². The van der Waals surface area contributed by atoms with Gasteiger partial charge in [0.05, 0.1) is 11.1 Å². The highest BCUT2D eigenvalue weighted by Gasteiger charge is 2.14. The van der Waals surface area contributed by atoms with Crippen molar-refractivity contribution in [3.8, 4) is 0 Å². The Kier molecular flexibility index (Phi) is 4.26. The molecule has 7 heteroatoms. The van der Waals surface area contributed by atoms with E-state index < -0.39 is 5.97 Å². The van der Waals surface area contributed by atoms with Crippen molar-refractivity contribution >= 4 is 39.3 Å². The molecule has 1 N–H and O–H groups in total. The summed E-state index contributed by atoms with van der Waals surface area (Å²) in [5.74, 6) is -0.720. The summed E-state index contributed by atoms with van der Waals surface area (Å²) in [5, 5.41) is 11.7. The van der Waals surface area contributed by atoms with Crippen molar-refractivity contribution in [3.63, 3.8) is 0 Å². The number of thiophene rings is 1. The summed E-state index contributed by atoms with van der Waals surface area (Å²) in [6.45, 7) is 4.56. The molecule has 2 aromatic rings. The van der Waals surface area contributed by atoms with Crippen LogP contribution in [0.5, 0.6) is 0 Å². The van der Waals surface area contributed by atoms with Crippen LogP contribution in [0.25, 0.3) is 10.2 Å². The monoisotopic (exact) mass is 298 g/mol. The molecule has 19 heavy (non-hydrogen) atoms. The molecule has 0 fully saturated rings. The van der Waals surface area contributed by atoms with Gasteiger partial charge in [-0.3, -0.25) is 14.2 Å². The van der Waals surface area contributed by atoms with Crippen molar-refractivity contribution in [1.29, 1.82) is 0 Å². The van der Waals surface area contributed by atoms with Crippen molar-refractivity contribution < 1.29 is 9.90 Å². The minimum Gasteiger partial charge on any atom is -0.481 e. The van der Waals surface area contributed by atoms with Gasteiger partial charge in [0.1, 0.15) is 4.83 Å². The topological polar surface area (TPSA) is 72.2 Å². The van der Waals surface area contributed by atoms with Crippen LogP contribution in [0, 0.1) is 5.92 Å². The summed E-state index contributed by atoms with van der Waals surface area (Å²) in [6, 6.07) is 1.76. The Balaban J connectivity index is 2.51. The zero-order chi connectivity index (χ0) is 14.0. The molecule has 0 unspecified atom stereocenters. The summed E-state index contributed by atoms with van der Waals surface area (Å²) in [5.41, 5.74) is -0.0900. The van der Waals surface area contributed by atoms with E-state index in [0.29, 0.717) is 27.8 Å². The van der Waals surface area contributed by atoms with Gasteiger partial charge in [-0.25, -0.2) is 4.98 Å². The van der Waals surface area contributed by atoms with Crippen LogP contribution in [0.3, 0.4) is 0 Å². The van der Waals surface area contributed by atoms with Gasteiger partial charge in [-0.15, -0.1) is 11.3 Å². The third-order valence-corrected chi connectivity index (χ3v) is 4.19. The van der Waals surface area contributed by atoms with E-state index in [-0.39, 0.29) is 11.3 Å². The second kappa shape index (κ2) is 5.75. The first-order valence-electron chi connectivity index (χ1n) is 5.81. The van der Waals surface area contributed by atoms with Gasteiger partial charge in [0.25, 0.3) is 5.56 Å². The molecule has 0 aliphatic rings. The molecule has 2 heterocycles. The third kappa shape index (κ3) is 3.16. The second-order valence-corrected chi connectivity index (χ2v) is 6.36. The van der Waals surface area contributed by atoms with Crippen LogP contribution in [0.2, 0.25) is 0 Å². The van der Waals surface area contributed by atoms with Crippen molar-refractivity contribution in [1.82, 2.24) is 9.55 Å². The van der Waals surface area contributed by atoms with Crippen LogP contribution >= 0.6 is 23.1 Å². The standard InChI is InChI=1S/C12H14N2O3S2/c1-7(2)5-14-11(17)8-3-4-18-10(8)13-12(14)19-6-9(15)16/h3-4,7H,5-6H2,1-2H3,(H,15,16). The quantitative estimate of drug-likeness (QED) is 0.677. The number of aromatic nitrogens is 2. The number of hydrogen-bond acceptors (Lipinski definition) is 5. The predicted molar refractivity (Wildman–Crippen MR) is 77.1 cm³/mol. The maximum atomic E-state index is 12.4. The lowest BCUT2D eigenvalue weighted by Gasteiger charge is -2.13. The van der Waals surface area contributed by atoms with Gasteiger partial charge in [-0.05, 0) is 17.4 Å². The fourth-order valence-corrected chi connectivity index (χ4v) is 3.23. The van der Waals surface area contributed by atoms with E-state index in [9.17, 15) is 9.59 Å². The van der Waals surface area contributed by atoms with Crippen LogP contribution in [-0.2, 0) is 11.3 Å². The van der Waals surface area contributed by atoms with Crippen LogP contribution in [0.4, 0.5) is 0 Å². The normalized spacial score (nSPS) is 11.3. The molecule has 0 radical (unpaired) electrons. The number of rotatable bonds is 5. The fourth-order valence-electron chi connectivity index (χ4n) is 1.69. The molecule has 0 saturated carbocycles. The Hall–Kier alpha value is -1.34. The number of carboxylic acid groups (broad SMARTS) is 1. The van der Waals surface area contributed by atoms with Crippen molar-refractivity contribution in [3.05, 3.63) is 21.8 Å². The lowest BCUT2D eigenvalue weighted by atomic mass is 10.2. The van der Waals surface area contributed by atoms with E-state index >= 15 is 0 Å². The number of thioether (sulfide) groups is 1. The first-order chi connectivity index (χ1) is 8.99. The molecule has 0 aliphatic heterocycles. The maximum Gasteiger partial charge on any atom is 0.313 e. The van der Waals surface area contributed by atoms with Gasteiger partial charge in [0.2, 0.25) is 0 Å². The summed E-state index contributed by atoms with van der Waals surface area (Å²) >= 11 is 2.48. The first kappa shape index (κ1) is 14.1. The molecule has 0 atom stereocenters. The Labute approximate surface area is 118 Å². The van der Waals surface area contributed by atoms with Crippen LogP contribution < -0.4 is 5.56 Å². The number of nitrogens with zero attached hydrogens (tertiary/aromatic N) is 2. The lowest BCUT2D eigenvalue weighted by molar-refractivity contribution is -0.133. The van der Waals surface area contributed by atoms with E-state index in [1.54, 1.807) is 10.6 Å². The van der Waals surface area contributed by atoms with Gasteiger partial charge >= 0.3 is 5.97 Å².